The molecule has 8 heteroatoms. The molecule has 0 aliphatic carbocycles. The summed E-state index contributed by atoms with van der Waals surface area (Å²) in [6.07, 6.45) is 0. The summed E-state index contributed by atoms with van der Waals surface area (Å²) in [5.74, 6) is 0.400. The van der Waals surface area contributed by atoms with Gasteiger partial charge in [0.1, 0.15) is 11.5 Å². The highest BCUT2D eigenvalue weighted by Gasteiger charge is 2.16. The number of carbonyl (C=O) groups is 1. The Bertz CT molecular complexity index is 878. The molecule has 2 aromatic rings. The van der Waals surface area contributed by atoms with Crippen LogP contribution in [0.3, 0.4) is 0 Å². The minimum absolute atomic E-state index is 0.0436. The van der Waals surface area contributed by atoms with Crippen LogP contribution in [0.1, 0.15) is 15.9 Å². The van der Waals surface area contributed by atoms with Crippen molar-refractivity contribution in [3.05, 3.63) is 47.5 Å². The fourth-order valence-electron chi connectivity index (χ4n) is 2.17. The van der Waals surface area contributed by atoms with E-state index >= 15 is 0 Å². The van der Waals surface area contributed by atoms with Crippen LogP contribution in [0.4, 0.5) is 5.69 Å². The second-order valence-electron chi connectivity index (χ2n) is 5.05. The Kier molecular flexibility index (Phi) is 5.10. The molecule has 128 valence electrons. The molecule has 0 radical (unpaired) electrons. The van der Waals surface area contributed by atoms with E-state index in [-0.39, 0.29) is 10.5 Å². The van der Waals surface area contributed by atoms with Crippen LogP contribution < -0.4 is 19.9 Å². The smallest absolute Gasteiger partial charge is 0.259 e. The lowest BCUT2D eigenvalue weighted by molar-refractivity contribution is 0.102. The first kappa shape index (κ1) is 17.8. The van der Waals surface area contributed by atoms with Crippen molar-refractivity contribution in [2.45, 2.75) is 11.8 Å². The quantitative estimate of drug-likeness (QED) is 0.856. The Hall–Kier alpha value is -2.58. The van der Waals surface area contributed by atoms with Gasteiger partial charge in [0.15, 0.2) is 0 Å². The first-order chi connectivity index (χ1) is 11.3. The van der Waals surface area contributed by atoms with Crippen LogP contribution >= 0.6 is 0 Å². The first-order valence-electron chi connectivity index (χ1n) is 6.93. The van der Waals surface area contributed by atoms with Crippen LogP contribution in [-0.4, -0.2) is 28.5 Å². The van der Waals surface area contributed by atoms with Gasteiger partial charge in [-0.2, -0.15) is 0 Å². The minimum Gasteiger partial charge on any atom is -0.497 e. The highest BCUT2D eigenvalue weighted by Crippen LogP contribution is 2.26. The van der Waals surface area contributed by atoms with Gasteiger partial charge in [0.25, 0.3) is 5.91 Å². The van der Waals surface area contributed by atoms with Gasteiger partial charge >= 0.3 is 0 Å². The van der Waals surface area contributed by atoms with Gasteiger partial charge in [0.2, 0.25) is 10.0 Å². The summed E-state index contributed by atoms with van der Waals surface area (Å²) in [6, 6.07) is 9.28. The van der Waals surface area contributed by atoms with Crippen LogP contribution in [0.15, 0.2) is 41.3 Å². The minimum atomic E-state index is -3.88. The average molecular weight is 350 g/mol. The molecule has 7 nitrogen and oxygen atoms in total. The molecular weight excluding hydrogens is 332 g/mol. The van der Waals surface area contributed by atoms with E-state index in [2.05, 4.69) is 5.32 Å². The maximum atomic E-state index is 12.5. The van der Waals surface area contributed by atoms with Gasteiger partial charge < -0.3 is 14.8 Å². The van der Waals surface area contributed by atoms with E-state index in [1.165, 1.54) is 26.4 Å². The predicted molar refractivity (Wildman–Crippen MR) is 90.1 cm³/mol. The standard InChI is InChI=1S/C16H18N2O5S/c1-10-4-5-11(8-15(10)24(17,20)21)18-16(19)13-9-12(22-2)6-7-14(13)23-3/h4-9H,1-3H3,(H,18,19)(H2,17,20,21). The Morgan fingerprint density at radius 3 is 2.38 bits per heavy atom. The van der Waals surface area contributed by atoms with E-state index in [0.717, 1.165) is 0 Å². The first-order valence-corrected chi connectivity index (χ1v) is 8.47. The lowest BCUT2D eigenvalue weighted by Gasteiger charge is -2.12. The van der Waals surface area contributed by atoms with Crippen molar-refractivity contribution in [1.29, 1.82) is 0 Å². The molecule has 0 saturated heterocycles. The lowest BCUT2D eigenvalue weighted by atomic mass is 10.1. The van der Waals surface area contributed by atoms with Crippen molar-refractivity contribution in [3.8, 4) is 11.5 Å². The number of amides is 1. The zero-order chi connectivity index (χ0) is 17.9. The molecule has 24 heavy (non-hydrogen) atoms. The summed E-state index contributed by atoms with van der Waals surface area (Å²) >= 11 is 0. The van der Waals surface area contributed by atoms with Crippen LogP contribution in [-0.2, 0) is 10.0 Å². The van der Waals surface area contributed by atoms with Gasteiger partial charge in [0, 0.05) is 5.69 Å². The molecule has 0 bridgehead atoms. The van der Waals surface area contributed by atoms with Crippen LogP contribution in [0.5, 0.6) is 11.5 Å². The van der Waals surface area contributed by atoms with Crippen molar-refractivity contribution < 1.29 is 22.7 Å². The molecular formula is C16H18N2O5S. The van der Waals surface area contributed by atoms with Crippen molar-refractivity contribution in [2.75, 3.05) is 19.5 Å². The van der Waals surface area contributed by atoms with Crippen LogP contribution in [0.2, 0.25) is 0 Å². The molecule has 0 heterocycles. The zero-order valence-electron chi connectivity index (χ0n) is 13.5. The number of rotatable bonds is 5. The summed E-state index contributed by atoms with van der Waals surface area (Å²) < 4.78 is 33.4. The number of primary sulfonamides is 1. The van der Waals surface area contributed by atoms with E-state index < -0.39 is 15.9 Å². The van der Waals surface area contributed by atoms with Crippen molar-refractivity contribution in [2.24, 2.45) is 5.14 Å². The molecule has 0 atom stereocenters. The summed E-state index contributed by atoms with van der Waals surface area (Å²) in [6.45, 7) is 1.62. The monoisotopic (exact) mass is 350 g/mol. The molecule has 0 saturated carbocycles. The normalized spacial score (nSPS) is 11.0. The molecule has 1 amide bonds. The number of aryl methyl sites for hydroxylation is 1. The maximum Gasteiger partial charge on any atom is 0.259 e. The summed E-state index contributed by atoms with van der Waals surface area (Å²) in [4.78, 5) is 12.4. The number of sulfonamides is 1. The number of nitrogens with two attached hydrogens (primary N) is 1. The third kappa shape index (κ3) is 3.84. The van der Waals surface area contributed by atoms with E-state index in [9.17, 15) is 13.2 Å². The Morgan fingerprint density at radius 2 is 1.79 bits per heavy atom. The van der Waals surface area contributed by atoms with Gasteiger partial charge in [-0.05, 0) is 42.8 Å². The van der Waals surface area contributed by atoms with Gasteiger partial charge in [0.05, 0.1) is 24.7 Å². The molecule has 0 aromatic heterocycles. The predicted octanol–water partition coefficient (Wildman–Crippen LogP) is 1.91. The van der Waals surface area contributed by atoms with Gasteiger partial charge in [-0.25, -0.2) is 13.6 Å². The van der Waals surface area contributed by atoms with Crippen molar-refractivity contribution in [1.82, 2.24) is 0 Å². The third-order valence-corrected chi connectivity index (χ3v) is 4.46. The number of anilines is 1. The highest BCUT2D eigenvalue weighted by atomic mass is 32.2. The lowest BCUT2D eigenvalue weighted by Crippen LogP contribution is -2.16. The fraction of sp³-hybridized carbons (Fsp3) is 0.188. The van der Waals surface area contributed by atoms with Gasteiger partial charge in [-0.1, -0.05) is 6.07 Å². The third-order valence-electron chi connectivity index (χ3n) is 3.40. The van der Waals surface area contributed by atoms with Gasteiger partial charge in [-0.3, -0.25) is 4.79 Å². The van der Waals surface area contributed by atoms with Gasteiger partial charge in [-0.15, -0.1) is 0 Å². The van der Waals surface area contributed by atoms with Crippen LogP contribution in [0.25, 0.3) is 0 Å². The number of benzene rings is 2. The van der Waals surface area contributed by atoms with E-state index in [1.807, 2.05) is 0 Å². The van der Waals surface area contributed by atoms with E-state index in [0.29, 0.717) is 22.7 Å². The fourth-order valence-corrected chi connectivity index (χ4v) is 2.98. The van der Waals surface area contributed by atoms with Crippen molar-refractivity contribution >= 4 is 21.6 Å². The SMILES string of the molecule is COc1ccc(OC)c(C(=O)Nc2ccc(C)c(S(N)(=O)=O)c2)c1. The number of hydrogen-bond donors (Lipinski definition) is 2. The van der Waals surface area contributed by atoms with E-state index in [1.54, 1.807) is 31.2 Å². The molecule has 0 aliphatic rings. The second-order valence-corrected chi connectivity index (χ2v) is 6.58. The number of methoxy groups -OCH3 is 2. The molecule has 2 aromatic carbocycles. The second kappa shape index (κ2) is 6.90. The molecule has 3 N–H and O–H groups in total. The Balaban J connectivity index is 2.37. The Labute approximate surface area is 140 Å². The maximum absolute atomic E-state index is 12.5. The van der Waals surface area contributed by atoms with E-state index in [4.69, 9.17) is 14.6 Å². The number of ether oxygens (including phenoxy) is 2. The molecule has 2 rings (SSSR count). The molecule has 0 unspecified atom stereocenters. The zero-order valence-corrected chi connectivity index (χ0v) is 14.3. The summed E-state index contributed by atoms with van der Waals surface area (Å²) in [7, 11) is -0.940. The summed E-state index contributed by atoms with van der Waals surface area (Å²) in [5, 5.41) is 7.80. The number of nitrogens with one attached hydrogen (secondary N) is 1. The Morgan fingerprint density at radius 1 is 1.08 bits per heavy atom. The number of hydrogen-bond acceptors (Lipinski definition) is 5. The topological polar surface area (TPSA) is 108 Å². The summed E-state index contributed by atoms with van der Waals surface area (Å²) in [5.41, 5.74) is 1.06. The van der Waals surface area contributed by atoms with Crippen LogP contribution in [0, 0.1) is 6.92 Å². The highest BCUT2D eigenvalue weighted by molar-refractivity contribution is 7.89. The largest absolute Gasteiger partial charge is 0.497 e. The van der Waals surface area contributed by atoms with Crippen molar-refractivity contribution in [3.63, 3.8) is 0 Å². The molecule has 0 spiro atoms. The molecule has 0 aliphatic heterocycles. The molecule has 0 fully saturated rings. The number of carbonyl (C=O) groups excluding carboxylic acids is 1. The average Bonchev–Trinajstić information content (AvgIpc) is 2.54.